The maximum atomic E-state index is 13.4. The minimum atomic E-state index is -0.875. The average Bonchev–Trinajstić information content (AvgIpc) is 3.35. The number of nitrogens with zero attached hydrogens (tertiary/aromatic N) is 3. The van der Waals surface area contributed by atoms with E-state index in [1.807, 2.05) is 6.92 Å². The first-order chi connectivity index (χ1) is 14.5. The SMILES string of the molecule is Cc1ccc2oc3c(c(=O)c2c1)[C@@H](c1cccc([N+](=O)[O-])c1)N(c1nccs1)C3=O. The second kappa shape index (κ2) is 6.60. The molecular formula is C21H13N3O5S. The largest absolute Gasteiger partial charge is 0.450 e. The molecular weight excluding hydrogens is 406 g/mol. The molecule has 4 aromatic rings. The predicted molar refractivity (Wildman–Crippen MR) is 111 cm³/mol. The number of aryl methyl sites for hydroxylation is 1. The first kappa shape index (κ1) is 18.2. The van der Waals surface area contributed by atoms with E-state index >= 15 is 0 Å². The molecule has 0 aliphatic carbocycles. The highest BCUT2D eigenvalue weighted by Crippen LogP contribution is 2.42. The Balaban J connectivity index is 1.83. The van der Waals surface area contributed by atoms with E-state index in [9.17, 15) is 19.7 Å². The van der Waals surface area contributed by atoms with E-state index < -0.39 is 16.9 Å². The van der Waals surface area contributed by atoms with Crippen molar-refractivity contribution < 1.29 is 14.1 Å². The van der Waals surface area contributed by atoms with Gasteiger partial charge in [-0.3, -0.25) is 24.6 Å². The topological polar surface area (TPSA) is 107 Å². The van der Waals surface area contributed by atoms with Gasteiger partial charge < -0.3 is 4.42 Å². The first-order valence-electron chi connectivity index (χ1n) is 9.00. The van der Waals surface area contributed by atoms with E-state index in [0.717, 1.165) is 5.56 Å². The minimum Gasteiger partial charge on any atom is -0.450 e. The van der Waals surface area contributed by atoms with Crippen LogP contribution >= 0.6 is 11.3 Å². The van der Waals surface area contributed by atoms with Crippen molar-refractivity contribution in [1.29, 1.82) is 0 Å². The summed E-state index contributed by atoms with van der Waals surface area (Å²) in [4.78, 5) is 43.1. The Hall–Kier alpha value is -3.85. The van der Waals surface area contributed by atoms with Crippen LogP contribution in [0.5, 0.6) is 0 Å². The third-order valence-corrected chi connectivity index (χ3v) is 5.82. The van der Waals surface area contributed by atoms with Gasteiger partial charge in [0.1, 0.15) is 5.58 Å². The molecule has 3 heterocycles. The van der Waals surface area contributed by atoms with Crippen molar-refractivity contribution in [1.82, 2.24) is 4.98 Å². The molecule has 0 fully saturated rings. The number of carbonyl (C=O) groups is 1. The number of benzene rings is 2. The standard InChI is InChI=1S/C21H13N3O5S/c1-11-5-6-15-14(9-11)18(25)16-17(12-3-2-4-13(10-12)24(27)28)23(20(26)19(16)29-15)21-22-7-8-30-21/h2-10,17H,1H3/t17-/m1/s1. The normalized spacial score (nSPS) is 15.6. The summed E-state index contributed by atoms with van der Waals surface area (Å²) in [7, 11) is 0. The van der Waals surface area contributed by atoms with Gasteiger partial charge in [-0.05, 0) is 24.6 Å². The summed E-state index contributed by atoms with van der Waals surface area (Å²) in [5.74, 6) is -0.570. The van der Waals surface area contributed by atoms with Crippen molar-refractivity contribution >= 4 is 39.0 Å². The Morgan fingerprint density at radius 3 is 2.77 bits per heavy atom. The summed E-state index contributed by atoms with van der Waals surface area (Å²) in [6.07, 6.45) is 1.55. The highest BCUT2D eigenvalue weighted by atomic mass is 32.1. The molecule has 1 atom stereocenters. The van der Waals surface area contributed by atoms with Gasteiger partial charge in [-0.2, -0.15) is 0 Å². The smallest absolute Gasteiger partial charge is 0.297 e. The predicted octanol–water partition coefficient (Wildman–Crippen LogP) is 4.22. The maximum absolute atomic E-state index is 13.4. The molecule has 0 saturated heterocycles. The summed E-state index contributed by atoms with van der Waals surface area (Å²) in [6.45, 7) is 1.86. The molecule has 0 radical (unpaired) electrons. The van der Waals surface area contributed by atoms with Gasteiger partial charge in [0.05, 0.1) is 21.9 Å². The van der Waals surface area contributed by atoms with E-state index in [2.05, 4.69) is 4.98 Å². The van der Waals surface area contributed by atoms with E-state index in [1.165, 1.54) is 34.4 Å². The third kappa shape index (κ3) is 2.63. The molecule has 2 aromatic heterocycles. The van der Waals surface area contributed by atoms with Gasteiger partial charge in [0.25, 0.3) is 11.6 Å². The summed E-state index contributed by atoms with van der Waals surface area (Å²) < 4.78 is 5.86. The summed E-state index contributed by atoms with van der Waals surface area (Å²) in [5, 5.41) is 13.8. The second-order valence-electron chi connectivity index (χ2n) is 6.92. The average molecular weight is 419 g/mol. The molecule has 0 spiro atoms. The number of carbonyl (C=O) groups excluding carboxylic acids is 1. The van der Waals surface area contributed by atoms with Crippen molar-refractivity contribution in [2.45, 2.75) is 13.0 Å². The van der Waals surface area contributed by atoms with Crippen LogP contribution in [0.1, 0.15) is 33.3 Å². The van der Waals surface area contributed by atoms with Crippen molar-refractivity contribution in [3.8, 4) is 0 Å². The Kier molecular flexibility index (Phi) is 4.00. The molecule has 9 heteroatoms. The second-order valence-corrected chi connectivity index (χ2v) is 7.79. The van der Waals surface area contributed by atoms with Crippen LogP contribution in [-0.4, -0.2) is 15.8 Å². The van der Waals surface area contributed by atoms with Gasteiger partial charge in [0.15, 0.2) is 10.6 Å². The van der Waals surface area contributed by atoms with Crippen LogP contribution in [0.3, 0.4) is 0 Å². The van der Waals surface area contributed by atoms with Crippen molar-refractivity contribution in [2.75, 3.05) is 4.90 Å². The number of aromatic nitrogens is 1. The highest BCUT2D eigenvalue weighted by molar-refractivity contribution is 7.13. The van der Waals surface area contributed by atoms with E-state index in [4.69, 9.17) is 4.42 Å². The summed E-state index contributed by atoms with van der Waals surface area (Å²) in [5.41, 5.74) is 1.33. The molecule has 0 unspecified atom stereocenters. The molecule has 148 valence electrons. The number of non-ortho nitro benzene ring substituents is 1. The Morgan fingerprint density at radius 2 is 2.03 bits per heavy atom. The van der Waals surface area contributed by atoms with Crippen LogP contribution in [0.15, 0.2) is 63.3 Å². The van der Waals surface area contributed by atoms with Crippen LogP contribution in [0.2, 0.25) is 0 Å². The van der Waals surface area contributed by atoms with Gasteiger partial charge in [0.2, 0.25) is 5.76 Å². The zero-order chi connectivity index (χ0) is 21.0. The Labute approximate surface area is 173 Å². The third-order valence-electron chi connectivity index (χ3n) is 5.05. The zero-order valence-electron chi connectivity index (χ0n) is 15.6. The number of anilines is 1. The number of thiazole rings is 1. The maximum Gasteiger partial charge on any atom is 0.297 e. The van der Waals surface area contributed by atoms with E-state index in [-0.39, 0.29) is 22.4 Å². The van der Waals surface area contributed by atoms with Crippen LogP contribution in [0.25, 0.3) is 11.0 Å². The summed E-state index contributed by atoms with van der Waals surface area (Å²) in [6, 6.07) is 10.2. The molecule has 0 saturated carbocycles. The van der Waals surface area contributed by atoms with Crippen LogP contribution in [0, 0.1) is 17.0 Å². The monoisotopic (exact) mass is 419 g/mol. The van der Waals surface area contributed by atoms with Gasteiger partial charge in [-0.1, -0.05) is 23.8 Å². The van der Waals surface area contributed by atoms with Gasteiger partial charge >= 0.3 is 0 Å². The van der Waals surface area contributed by atoms with Crippen LogP contribution < -0.4 is 10.3 Å². The fourth-order valence-corrected chi connectivity index (χ4v) is 4.41. The lowest BCUT2D eigenvalue weighted by Crippen LogP contribution is -2.29. The molecule has 30 heavy (non-hydrogen) atoms. The van der Waals surface area contributed by atoms with Crippen molar-refractivity contribution in [3.63, 3.8) is 0 Å². The molecule has 8 nitrogen and oxygen atoms in total. The summed E-state index contributed by atoms with van der Waals surface area (Å²) >= 11 is 1.23. The number of hydrogen-bond acceptors (Lipinski definition) is 7. The number of hydrogen-bond donors (Lipinski definition) is 0. The van der Waals surface area contributed by atoms with Gasteiger partial charge in [0, 0.05) is 23.7 Å². The highest BCUT2D eigenvalue weighted by Gasteiger charge is 2.45. The van der Waals surface area contributed by atoms with Crippen LogP contribution in [0.4, 0.5) is 10.8 Å². The van der Waals surface area contributed by atoms with Crippen LogP contribution in [-0.2, 0) is 0 Å². The molecule has 0 N–H and O–H groups in total. The molecule has 1 aliphatic rings. The Bertz CT molecular complexity index is 1390. The molecule has 0 bridgehead atoms. The molecule has 1 amide bonds. The lowest BCUT2D eigenvalue weighted by Gasteiger charge is -2.22. The molecule has 5 rings (SSSR count). The fraction of sp³-hybridized carbons (Fsp3) is 0.0952. The number of amides is 1. The fourth-order valence-electron chi connectivity index (χ4n) is 3.74. The quantitative estimate of drug-likeness (QED) is 0.364. The zero-order valence-corrected chi connectivity index (χ0v) is 16.4. The van der Waals surface area contributed by atoms with Gasteiger partial charge in [-0.15, -0.1) is 11.3 Å². The Morgan fingerprint density at radius 1 is 1.20 bits per heavy atom. The molecule has 1 aliphatic heterocycles. The number of nitro benzene ring substituents is 1. The number of nitro groups is 1. The van der Waals surface area contributed by atoms with E-state index in [0.29, 0.717) is 21.7 Å². The lowest BCUT2D eigenvalue weighted by atomic mass is 9.98. The number of rotatable bonds is 3. The molecule has 2 aromatic carbocycles. The minimum absolute atomic E-state index is 0.0666. The first-order valence-corrected chi connectivity index (χ1v) is 9.88. The van der Waals surface area contributed by atoms with Crippen molar-refractivity contribution in [2.24, 2.45) is 0 Å². The van der Waals surface area contributed by atoms with Gasteiger partial charge in [-0.25, -0.2) is 4.98 Å². The van der Waals surface area contributed by atoms with Crippen molar-refractivity contribution in [3.05, 3.63) is 96.8 Å². The lowest BCUT2D eigenvalue weighted by molar-refractivity contribution is -0.384. The van der Waals surface area contributed by atoms with E-state index in [1.54, 1.807) is 35.8 Å². The number of fused-ring (bicyclic) bond motifs is 2.